The zero-order valence-corrected chi connectivity index (χ0v) is 9.45. The fourth-order valence-electron chi connectivity index (χ4n) is 1.61. The van der Waals surface area contributed by atoms with Crippen molar-refractivity contribution in [3.63, 3.8) is 0 Å². The second-order valence-electron chi connectivity index (χ2n) is 3.61. The molecule has 0 saturated heterocycles. The molecule has 0 fully saturated rings. The highest BCUT2D eigenvalue weighted by Crippen LogP contribution is 2.22. The van der Waals surface area contributed by atoms with E-state index >= 15 is 0 Å². The molecule has 0 saturated carbocycles. The molecule has 0 aliphatic rings. The van der Waals surface area contributed by atoms with E-state index in [1.54, 1.807) is 18.3 Å². The number of ketones is 1. The lowest BCUT2D eigenvalue weighted by molar-refractivity contribution is 0.0971. The topological polar surface area (TPSA) is 70.4 Å². The van der Waals surface area contributed by atoms with Gasteiger partial charge in [0.05, 0.1) is 11.3 Å². The van der Waals surface area contributed by atoms with Gasteiger partial charge in [-0.3, -0.25) is 9.78 Å². The van der Waals surface area contributed by atoms with E-state index in [4.69, 9.17) is 5.11 Å². The van der Waals surface area contributed by atoms with Crippen molar-refractivity contribution in [1.82, 2.24) is 4.98 Å². The molecular weight excluding hydrogens is 230 g/mol. The zero-order chi connectivity index (χ0) is 13.0. The summed E-state index contributed by atoms with van der Waals surface area (Å²) in [6.07, 6.45) is 1.95. The van der Waals surface area contributed by atoms with Crippen LogP contribution in [-0.2, 0) is 0 Å². The van der Waals surface area contributed by atoms with Gasteiger partial charge in [0.1, 0.15) is 6.26 Å². The highest BCUT2D eigenvalue weighted by molar-refractivity contribution is 6.10. The molecule has 0 radical (unpaired) electrons. The number of rotatable bonds is 3. The molecule has 0 aliphatic heterocycles. The maximum absolute atomic E-state index is 11.9. The number of carbonyl (C=O) groups excluding carboxylic acids is 1. The van der Waals surface area contributed by atoms with Crippen LogP contribution in [0.15, 0.2) is 60.7 Å². The molecule has 4 nitrogen and oxygen atoms in total. The Balaban J connectivity index is 2.54. The lowest BCUT2D eigenvalue weighted by Crippen LogP contribution is -2.06. The van der Waals surface area contributed by atoms with Crippen molar-refractivity contribution in [3.05, 3.63) is 66.2 Å². The van der Waals surface area contributed by atoms with Gasteiger partial charge in [-0.05, 0) is 12.1 Å². The summed E-state index contributed by atoms with van der Waals surface area (Å²) in [5.41, 5.74) is 1.48. The van der Waals surface area contributed by atoms with Crippen LogP contribution in [0, 0.1) is 0 Å². The lowest BCUT2D eigenvalue weighted by atomic mass is 10.0. The smallest absolute Gasteiger partial charge is 0.232 e. The standard InChI is InChI=1S/C14H11NO3/c16-9-12(17)14(18)11-7-4-8-15-13(11)10-5-2-1-3-6-10/h1-9,16-17H. The van der Waals surface area contributed by atoms with Gasteiger partial charge in [-0.25, -0.2) is 0 Å². The van der Waals surface area contributed by atoms with Crippen molar-refractivity contribution in [3.8, 4) is 11.3 Å². The number of Topliss-reactive ketones (excluding diaryl/α,β-unsaturated/α-hetero) is 1. The third-order valence-corrected chi connectivity index (χ3v) is 2.45. The Morgan fingerprint density at radius 3 is 2.50 bits per heavy atom. The van der Waals surface area contributed by atoms with Crippen LogP contribution >= 0.6 is 0 Å². The van der Waals surface area contributed by atoms with E-state index < -0.39 is 11.5 Å². The summed E-state index contributed by atoms with van der Waals surface area (Å²) in [4.78, 5) is 16.0. The third-order valence-electron chi connectivity index (χ3n) is 2.45. The minimum Gasteiger partial charge on any atom is -0.512 e. The summed E-state index contributed by atoms with van der Waals surface area (Å²) in [6.45, 7) is 0. The van der Waals surface area contributed by atoms with Crippen molar-refractivity contribution in [1.29, 1.82) is 0 Å². The van der Waals surface area contributed by atoms with E-state index in [1.165, 1.54) is 0 Å². The largest absolute Gasteiger partial charge is 0.512 e. The van der Waals surface area contributed by atoms with Crippen molar-refractivity contribution in [2.45, 2.75) is 0 Å². The Morgan fingerprint density at radius 1 is 1.11 bits per heavy atom. The molecule has 0 spiro atoms. The molecule has 1 aromatic carbocycles. The van der Waals surface area contributed by atoms with Crippen LogP contribution in [0.4, 0.5) is 0 Å². The van der Waals surface area contributed by atoms with E-state index in [0.717, 1.165) is 5.56 Å². The van der Waals surface area contributed by atoms with Gasteiger partial charge in [0.15, 0.2) is 5.76 Å². The first-order valence-electron chi connectivity index (χ1n) is 5.32. The number of aromatic nitrogens is 1. The average Bonchev–Trinajstić information content (AvgIpc) is 2.46. The molecular formula is C14H11NO3. The van der Waals surface area contributed by atoms with Crippen molar-refractivity contribution < 1.29 is 15.0 Å². The number of carbonyl (C=O) groups is 1. The number of benzene rings is 1. The normalized spacial score (nSPS) is 11.2. The van der Waals surface area contributed by atoms with Crippen molar-refractivity contribution in [2.24, 2.45) is 0 Å². The number of aliphatic hydroxyl groups is 2. The number of aliphatic hydroxyl groups excluding tert-OH is 2. The summed E-state index contributed by atoms with van der Waals surface area (Å²) in [7, 11) is 0. The molecule has 2 aromatic rings. The van der Waals surface area contributed by atoms with Crippen LogP contribution in [0.5, 0.6) is 0 Å². The zero-order valence-electron chi connectivity index (χ0n) is 9.45. The number of hydrogen-bond donors (Lipinski definition) is 2. The molecule has 2 rings (SSSR count). The molecule has 2 N–H and O–H groups in total. The monoisotopic (exact) mass is 241 g/mol. The third kappa shape index (κ3) is 2.22. The maximum atomic E-state index is 11.9. The number of hydrogen-bond acceptors (Lipinski definition) is 4. The number of allylic oxidation sites excluding steroid dienone is 1. The second kappa shape index (κ2) is 5.14. The second-order valence-corrected chi connectivity index (χ2v) is 3.61. The quantitative estimate of drug-likeness (QED) is 0.492. The molecule has 0 aliphatic carbocycles. The van der Waals surface area contributed by atoms with Crippen molar-refractivity contribution >= 4 is 5.78 Å². The molecule has 90 valence electrons. The van der Waals surface area contributed by atoms with Gasteiger partial charge in [-0.15, -0.1) is 0 Å². The minimum atomic E-state index is -0.708. The predicted molar refractivity (Wildman–Crippen MR) is 67.3 cm³/mol. The van der Waals surface area contributed by atoms with Gasteiger partial charge in [-0.1, -0.05) is 30.3 Å². The van der Waals surface area contributed by atoms with Crippen LogP contribution in [-0.4, -0.2) is 21.0 Å². The predicted octanol–water partition coefficient (Wildman–Crippen LogP) is 2.89. The Kier molecular flexibility index (Phi) is 3.38. The summed E-state index contributed by atoms with van der Waals surface area (Å²) in [5.74, 6) is -1.37. The van der Waals surface area contributed by atoms with Gasteiger partial charge in [0.2, 0.25) is 5.78 Å². The van der Waals surface area contributed by atoms with Gasteiger partial charge < -0.3 is 10.2 Å². The van der Waals surface area contributed by atoms with E-state index in [2.05, 4.69) is 4.98 Å². The maximum Gasteiger partial charge on any atom is 0.232 e. The van der Waals surface area contributed by atoms with Crippen LogP contribution in [0.3, 0.4) is 0 Å². The first-order valence-corrected chi connectivity index (χ1v) is 5.32. The minimum absolute atomic E-state index is 0.242. The lowest BCUT2D eigenvalue weighted by Gasteiger charge is -2.06. The van der Waals surface area contributed by atoms with Crippen LogP contribution < -0.4 is 0 Å². The van der Waals surface area contributed by atoms with E-state index in [1.807, 2.05) is 30.3 Å². The van der Waals surface area contributed by atoms with E-state index in [0.29, 0.717) is 12.0 Å². The molecule has 0 amide bonds. The van der Waals surface area contributed by atoms with Gasteiger partial charge >= 0.3 is 0 Å². The fourth-order valence-corrected chi connectivity index (χ4v) is 1.61. The van der Waals surface area contributed by atoms with E-state index in [9.17, 15) is 9.90 Å². The van der Waals surface area contributed by atoms with Crippen molar-refractivity contribution in [2.75, 3.05) is 0 Å². The molecule has 0 unspecified atom stereocenters. The molecule has 0 bridgehead atoms. The Morgan fingerprint density at radius 2 is 1.83 bits per heavy atom. The summed E-state index contributed by atoms with van der Waals surface area (Å²) in [5, 5.41) is 18.0. The molecule has 18 heavy (non-hydrogen) atoms. The first kappa shape index (κ1) is 11.9. The Hall–Kier alpha value is -2.62. The number of nitrogens with zero attached hydrogens (tertiary/aromatic N) is 1. The summed E-state index contributed by atoms with van der Waals surface area (Å²) < 4.78 is 0. The van der Waals surface area contributed by atoms with Crippen LogP contribution in [0.25, 0.3) is 11.3 Å². The highest BCUT2D eigenvalue weighted by atomic mass is 16.3. The van der Waals surface area contributed by atoms with Gasteiger partial charge in [-0.2, -0.15) is 0 Å². The van der Waals surface area contributed by atoms with Gasteiger partial charge in [0.25, 0.3) is 0 Å². The van der Waals surface area contributed by atoms with Gasteiger partial charge in [0, 0.05) is 11.8 Å². The van der Waals surface area contributed by atoms with Crippen LogP contribution in [0.2, 0.25) is 0 Å². The number of pyridine rings is 1. The first-order chi connectivity index (χ1) is 8.74. The van der Waals surface area contributed by atoms with Crippen LogP contribution in [0.1, 0.15) is 10.4 Å². The Bertz CT molecular complexity index is 591. The summed E-state index contributed by atoms with van der Waals surface area (Å²) in [6, 6.07) is 12.3. The van der Waals surface area contributed by atoms with E-state index in [-0.39, 0.29) is 5.56 Å². The average molecular weight is 241 g/mol. The molecule has 1 heterocycles. The fraction of sp³-hybridized carbons (Fsp3) is 0. The Labute approximate surface area is 104 Å². The molecule has 1 aromatic heterocycles. The molecule has 0 atom stereocenters. The SMILES string of the molecule is O=C(C(O)=CO)c1cccnc1-c1ccccc1. The highest BCUT2D eigenvalue weighted by Gasteiger charge is 2.17. The molecule has 4 heteroatoms. The summed E-state index contributed by atoms with van der Waals surface area (Å²) >= 11 is 0.